The van der Waals surface area contributed by atoms with Crippen molar-refractivity contribution in [3.63, 3.8) is 0 Å². The van der Waals surface area contributed by atoms with Crippen LogP contribution in [0.25, 0.3) is 0 Å². The molecule has 1 aromatic carbocycles. The number of ether oxygens (including phenoxy) is 2. The molecule has 0 N–H and O–H groups in total. The largest absolute Gasteiger partial charge is 0.482 e. The number of hydrogen-bond acceptors (Lipinski definition) is 5. The molecule has 5 nitrogen and oxygen atoms in total. The summed E-state index contributed by atoms with van der Waals surface area (Å²) in [5.74, 6) is -0.659. The number of carbonyl (C=O) groups excluding carboxylic acids is 1. The monoisotopic (exact) mass is 251 g/mol. The van der Waals surface area contributed by atoms with E-state index in [1.165, 1.54) is 25.3 Å². The highest BCUT2D eigenvalue weighted by Gasteiger charge is 2.13. The highest BCUT2D eigenvalue weighted by Crippen LogP contribution is 2.17. The van der Waals surface area contributed by atoms with Crippen LogP contribution in [-0.2, 0) is 11.3 Å². The van der Waals surface area contributed by atoms with Crippen molar-refractivity contribution in [1.82, 2.24) is 5.16 Å². The molecule has 0 radical (unpaired) electrons. The summed E-state index contributed by atoms with van der Waals surface area (Å²) in [6.45, 7) is -0.0229. The van der Waals surface area contributed by atoms with Crippen molar-refractivity contribution >= 4 is 5.97 Å². The van der Waals surface area contributed by atoms with E-state index in [-0.39, 0.29) is 18.1 Å². The molecular weight excluding hydrogens is 241 g/mol. The molecule has 0 aliphatic heterocycles. The van der Waals surface area contributed by atoms with Crippen LogP contribution in [0, 0.1) is 5.82 Å². The second-order valence-electron chi connectivity index (χ2n) is 3.39. The Kier molecular flexibility index (Phi) is 3.57. The Morgan fingerprint density at radius 2 is 2.22 bits per heavy atom. The smallest absolute Gasteiger partial charge is 0.360 e. The number of rotatable bonds is 4. The SMILES string of the molecule is COC(=O)c1cc(COc2ccccc2F)on1. The zero-order valence-corrected chi connectivity index (χ0v) is 9.55. The quantitative estimate of drug-likeness (QED) is 0.779. The third-order valence-corrected chi connectivity index (χ3v) is 2.16. The number of methoxy groups -OCH3 is 1. The Balaban J connectivity index is 2.01. The number of aromatic nitrogens is 1. The molecule has 0 unspecified atom stereocenters. The molecular formula is C12H10FNO4. The van der Waals surface area contributed by atoms with Crippen LogP contribution in [0.5, 0.6) is 5.75 Å². The lowest BCUT2D eigenvalue weighted by Crippen LogP contribution is -2.00. The Morgan fingerprint density at radius 3 is 2.94 bits per heavy atom. The summed E-state index contributed by atoms with van der Waals surface area (Å²) in [5, 5.41) is 3.50. The van der Waals surface area contributed by atoms with Gasteiger partial charge in [0, 0.05) is 6.07 Å². The van der Waals surface area contributed by atoms with Crippen LogP contribution in [0.2, 0.25) is 0 Å². The van der Waals surface area contributed by atoms with Gasteiger partial charge in [0.1, 0.15) is 6.61 Å². The summed E-state index contributed by atoms with van der Waals surface area (Å²) < 4.78 is 27.7. The summed E-state index contributed by atoms with van der Waals surface area (Å²) in [7, 11) is 1.24. The third kappa shape index (κ3) is 2.65. The van der Waals surface area contributed by atoms with Gasteiger partial charge in [0.2, 0.25) is 0 Å². The molecule has 2 aromatic rings. The maximum atomic E-state index is 13.2. The molecule has 0 saturated heterocycles. The number of esters is 1. The van der Waals surface area contributed by atoms with Crippen molar-refractivity contribution in [2.75, 3.05) is 7.11 Å². The van der Waals surface area contributed by atoms with E-state index in [4.69, 9.17) is 9.26 Å². The van der Waals surface area contributed by atoms with Gasteiger partial charge in [-0.05, 0) is 12.1 Å². The van der Waals surface area contributed by atoms with Gasteiger partial charge in [0.15, 0.2) is 23.0 Å². The van der Waals surface area contributed by atoms with E-state index >= 15 is 0 Å². The topological polar surface area (TPSA) is 61.6 Å². The van der Waals surface area contributed by atoms with Crippen LogP contribution < -0.4 is 4.74 Å². The zero-order valence-electron chi connectivity index (χ0n) is 9.55. The Bertz CT molecular complexity index is 553. The molecule has 6 heteroatoms. The summed E-state index contributed by atoms with van der Waals surface area (Å²) in [6.07, 6.45) is 0. The normalized spacial score (nSPS) is 10.1. The zero-order chi connectivity index (χ0) is 13.0. The van der Waals surface area contributed by atoms with Gasteiger partial charge in [-0.15, -0.1) is 0 Å². The summed E-state index contributed by atoms with van der Waals surface area (Å²) in [5.41, 5.74) is 0.0460. The van der Waals surface area contributed by atoms with E-state index in [9.17, 15) is 9.18 Å². The summed E-state index contributed by atoms with van der Waals surface area (Å²) in [6, 6.07) is 7.37. The molecule has 0 bridgehead atoms. The van der Waals surface area contributed by atoms with Crippen LogP contribution in [-0.4, -0.2) is 18.2 Å². The third-order valence-electron chi connectivity index (χ3n) is 2.16. The van der Waals surface area contributed by atoms with E-state index < -0.39 is 11.8 Å². The number of benzene rings is 1. The van der Waals surface area contributed by atoms with E-state index in [2.05, 4.69) is 9.89 Å². The van der Waals surface area contributed by atoms with Gasteiger partial charge >= 0.3 is 5.97 Å². The lowest BCUT2D eigenvalue weighted by molar-refractivity contribution is 0.0589. The highest BCUT2D eigenvalue weighted by atomic mass is 19.1. The van der Waals surface area contributed by atoms with E-state index in [1.807, 2.05) is 0 Å². The summed E-state index contributed by atoms with van der Waals surface area (Å²) >= 11 is 0. The lowest BCUT2D eigenvalue weighted by Gasteiger charge is -2.03. The van der Waals surface area contributed by atoms with Gasteiger partial charge in [-0.3, -0.25) is 0 Å². The minimum absolute atomic E-state index is 0.0229. The Hall–Kier alpha value is -2.37. The minimum Gasteiger partial charge on any atom is -0.482 e. The molecule has 94 valence electrons. The van der Waals surface area contributed by atoms with Crippen LogP contribution in [0.15, 0.2) is 34.9 Å². The van der Waals surface area contributed by atoms with Crippen molar-refractivity contribution in [2.45, 2.75) is 6.61 Å². The van der Waals surface area contributed by atoms with Crippen molar-refractivity contribution in [3.8, 4) is 5.75 Å². The Morgan fingerprint density at radius 1 is 1.44 bits per heavy atom. The van der Waals surface area contributed by atoms with E-state index in [0.29, 0.717) is 5.76 Å². The molecule has 0 spiro atoms. The van der Waals surface area contributed by atoms with Crippen LogP contribution in [0.4, 0.5) is 4.39 Å². The van der Waals surface area contributed by atoms with Crippen molar-refractivity contribution in [3.05, 3.63) is 47.6 Å². The first-order valence-corrected chi connectivity index (χ1v) is 5.12. The molecule has 0 aliphatic rings. The van der Waals surface area contributed by atoms with Crippen molar-refractivity contribution in [1.29, 1.82) is 0 Å². The van der Waals surface area contributed by atoms with Gasteiger partial charge in [0.05, 0.1) is 7.11 Å². The molecule has 0 saturated carbocycles. The second kappa shape index (κ2) is 5.31. The van der Waals surface area contributed by atoms with Gasteiger partial charge in [-0.2, -0.15) is 0 Å². The molecule has 0 atom stereocenters. The van der Waals surface area contributed by atoms with E-state index in [0.717, 1.165) is 0 Å². The Labute approximate surface area is 102 Å². The van der Waals surface area contributed by atoms with Gasteiger partial charge < -0.3 is 14.0 Å². The number of carbonyl (C=O) groups is 1. The minimum atomic E-state index is -0.601. The molecule has 1 aromatic heterocycles. The first kappa shape index (κ1) is 12.1. The van der Waals surface area contributed by atoms with Gasteiger partial charge in [-0.1, -0.05) is 17.3 Å². The fourth-order valence-corrected chi connectivity index (χ4v) is 1.29. The number of nitrogens with zero attached hydrogens (tertiary/aromatic N) is 1. The standard InChI is InChI=1S/C12H10FNO4/c1-16-12(15)10-6-8(18-14-10)7-17-11-5-3-2-4-9(11)13/h2-6H,7H2,1H3. The molecule has 18 heavy (non-hydrogen) atoms. The molecule has 0 amide bonds. The van der Waals surface area contributed by atoms with Crippen molar-refractivity contribution < 1.29 is 23.2 Å². The predicted octanol–water partition coefficient (Wildman–Crippen LogP) is 2.18. The van der Waals surface area contributed by atoms with Crippen LogP contribution in [0.1, 0.15) is 16.2 Å². The second-order valence-corrected chi connectivity index (χ2v) is 3.39. The average Bonchev–Trinajstić information content (AvgIpc) is 2.86. The van der Waals surface area contributed by atoms with Gasteiger partial charge in [-0.25, -0.2) is 9.18 Å². The van der Waals surface area contributed by atoms with E-state index in [1.54, 1.807) is 12.1 Å². The molecule has 2 rings (SSSR count). The fourth-order valence-electron chi connectivity index (χ4n) is 1.29. The molecule has 0 fully saturated rings. The summed E-state index contributed by atoms with van der Waals surface area (Å²) in [4.78, 5) is 11.1. The predicted molar refractivity (Wildman–Crippen MR) is 58.6 cm³/mol. The number of hydrogen-bond donors (Lipinski definition) is 0. The maximum Gasteiger partial charge on any atom is 0.360 e. The highest BCUT2D eigenvalue weighted by molar-refractivity contribution is 5.86. The van der Waals surface area contributed by atoms with Crippen LogP contribution in [0.3, 0.4) is 0 Å². The first-order valence-electron chi connectivity index (χ1n) is 5.12. The van der Waals surface area contributed by atoms with Crippen molar-refractivity contribution in [2.24, 2.45) is 0 Å². The average molecular weight is 251 g/mol. The number of para-hydroxylation sites is 1. The van der Waals surface area contributed by atoms with Gasteiger partial charge in [0.25, 0.3) is 0 Å². The first-order chi connectivity index (χ1) is 8.70. The molecule has 0 aliphatic carbocycles. The fraction of sp³-hybridized carbons (Fsp3) is 0.167. The molecule has 1 heterocycles. The maximum absolute atomic E-state index is 13.2. The van der Waals surface area contributed by atoms with Crippen LogP contribution >= 0.6 is 0 Å². The lowest BCUT2D eigenvalue weighted by atomic mass is 10.3. The number of halogens is 1.